The minimum atomic E-state index is -0.526. The van der Waals surface area contributed by atoms with Crippen molar-refractivity contribution in [2.75, 3.05) is 13.1 Å². The monoisotopic (exact) mass is 253 g/mol. The van der Waals surface area contributed by atoms with Crippen molar-refractivity contribution < 1.29 is 14.8 Å². The van der Waals surface area contributed by atoms with E-state index < -0.39 is 11.0 Å². The van der Waals surface area contributed by atoms with E-state index in [-0.39, 0.29) is 24.0 Å². The number of carbonyl (C=O) groups is 1. The lowest BCUT2D eigenvalue weighted by Gasteiger charge is -2.29. The van der Waals surface area contributed by atoms with E-state index in [9.17, 15) is 20.0 Å². The third-order valence-electron chi connectivity index (χ3n) is 3.19. The largest absolute Gasteiger partial charge is 0.391 e. The lowest BCUT2D eigenvalue weighted by molar-refractivity contribution is -0.391. The summed E-state index contributed by atoms with van der Waals surface area (Å²) in [5.41, 5.74) is 0.274. The van der Waals surface area contributed by atoms with E-state index in [1.807, 2.05) is 0 Å². The van der Waals surface area contributed by atoms with Crippen molar-refractivity contribution in [1.82, 2.24) is 9.47 Å². The van der Waals surface area contributed by atoms with Crippen LogP contribution in [0.5, 0.6) is 0 Å². The Bertz CT molecular complexity index is 483. The van der Waals surface area contributed by atoms with Crippen LogP contribution in [-0.4, -0.2) is 44.6 Å². The molecule has 0 radical (unpaired) electrons. The Kier molecular flexibility index (Phi) is 3.33. The Morgan fingerprint density at radius 2 is 2.28 bits per heavy atom. The highest BCUT2D eigenvalue weighted by atomic mass is 16.6. The molecule has 18 heavy (non-hydrogen) atoms. The number of nitrogens with zero attached hydrogens (tertiary/aromatic N) is 3. The lowest BCUT2D eigenvalue weighted by atomic mass is 10.1. The van der Waals surface area contributed by atoms with Crippen LogP contribution in [0.4, 0.5) is 5.82 Å². The molecule has 0 bridgehead atoms. The number of hydrogen-bond acceptors (Lipinski definition) is 4. The van der Waals surface area contributed by atoms with Crippen molar-refractivity contribution in [1.29, 1.82) is 0 Å². The zero-order valence-electron chi connectivity index (χ0n) is 10.1. The Balaban J connectivity index is 2.21. The number of aromatic nitrogens is 1. The molecule has 1 saturated heterocycles. The topological polar surface area (TPSA) is 88.6 Å². The summed E-state index contributed by atoms with van der Waals surface area (Å²) in [6.07, 6.45) is 0.939. The molecule has 2 rings (SSSR count). The van der Waals surface area contributed by atoms with Gasteiger partial charge in [-0.1, -0.05) is 0 Å². The first kappa shape index (κ1) is 12.6. The van der Waals surface area contributed by atoms with Gasteiger partial charge in [-0.3, -0.25) is 4.79 Å². The Hall–Kier alpha value is -1.89. The fourth-order valence-electron chi connectivity index (χ4n) is 2.20. The molecule has 1 aliphatic heterocycles. The summed E-state index contributed by atoms with van der Waals surface area (Å²) in [5.74, 6) is -0.389. The lowest BCUT2D eigenvalue weighted by Crippen LogP contribution is -2.42. The molecule has 2 heterocycles. The molecule has 0 aliphatic carbocycles. The van der Waals surface area contributed by atoms with Gasteiger partial charge in [0.05, 0.1) is 13.2 Å². The third kappa shape index (κ3) is 2.21. The van der Waals surface area contributed by atoms with Gasteiger partial charge in [0, 0.05) is 19.2 Å². The predicted octanol–water partition coefficient (Wildman–Crippen LogP) is 0.530. The fourth-order valence-corrected chi connectivity index (χ4v) is 2.20. The van der Waals surface area contributed by atoms with E-state index in [0.717, 1.165) is 6.42 Å². The molecule has 1 atom stereocenters. The summed E-state index contributed by atoms with van der Waals surface area (Å²) in [6.45, 7) is 0.868. The Morgan fingerprint density at radius 3 is 2.83 bits per heavy atom. The van der Waals surface area contributed by atoms with Gasteiger partial charge in [-0.15, -0.1) is 0 Å². The van der Waals surface area contributed by atoms with E-state index in [1.54, 1.807) is 0 Å². The molecule has 7 nitrogen and oxygen atoms in total. The van der Waals surface area contributed by atoms with Crippen LogP contribution in [0.3, 0.4) is 0 Å². The molecule has 7 heteroatoms. The van der Waals surface area contributed by atoms with E-state index in [4.69, 9.17) is 0 Å². The van der Waals surface area contributed by atoms with E-state index in [2.05, 4.69) is 0 Å². The van der Waals surface area contributed by atoms with E-state index in [1.165, 1.54) is 28.6 Å². The third-order valence-corrected chi connectivity index (χ3v) is 3.19. The van der Waals surface area contributed by atoms with Gasteiger partial charge in [0.15, 0.2) is 5.69 Å². The molecule has 1 aromatic rings. The van der Waals surface area contributed by atoms with Gasteiger partial charge in [0.25, 0.3) is 5.91 Å². The predicted molar refractivity (Wildman–Crippen MR) is 63.2 cm³/mol. The van der Waals surface area contributed by atoms with Crippen LogP contribution in [0.1, 0.15) is 23.3 Å². The number of nitro groups is 1. The first-order valence-corrected chi connectivity index (χ1v) is 5.78. The number of rotatable bonds is 2. The minimum absolute atomic E-state index is 0.115. The maximum absolute atomic E-state index is 12.2. The quantitative estimate of drug-likeness (QED) is 0.615. The number of likely N-dealkylation sites (tertiary alicyclic amines) is 1. The highest BCUT2D eigenvalue weighted by Crippen LogP contribution is 2.19. The smallest absolute Gasteiger partial charge is 0.323 e. The van der Waals surface area contributed by atoms with Crippen molar-refractivity contribution in [3.8, 4) is 0 Å². The number of carbonyl (C=O) groups excluding carboxylic acids is 1. The molecule has 1 N–H and O–H groups in total. The van der Waals surface area contributed by atoms with Crippen LogP contribution < -0.4 is 0 Å². The van der Waals surface area contributed by atoms with Crippen molar-refractivity contribution >= 4 is 11.7 Å². The van der Waals surface area contributed by atoms with Gasteiger partial charge < -0.3 is 20.1 Å². The van der Waals surface area contributed by atoms with Crippen LogP contribution in [0.15, 0.2) is 12.1 Å². The van der Waals surface area contributed by atoms with E-state index in [0.29, 0.717) is 13.0 Å². The second kappa shape index (κ2) is 4.77. The maximum Gasteiger partial charge on any atom is 0.323 e. The SMILES string of the molecule is Cn1c(C(=O)N2CCC[C@H](O)C2)ccc1[N+](=O)[O-]. The molecule has 98 valence electrons. The van der Waals surface area contributed by atoms with Gasteiger partial charge in [-0.05, 0) is 23.8 Å². The highest BCUT2D eigenvalue weighted by Gasteiger charge is 2.28. The first-order chi connectivity index (χ1) is 8.50. The van der Waals surface area contributed by atoms with Crippen LogP contribution in [0.2, 0.25) is 0 Å². The molecule has 0 spiro atoms. The van der Waals surface area contributed by atoms with Crippen LogP contribution >= 0.6 is 0 Å². The number of aliphatic hydroxyl groups excluding tert-OH is 1. The summed E-state index contributed by atoms with van der Waals surface area (Å²) >= 11 is 0. The molecule has 0 aromatic carbocycles. The standard InChI is InChI=1S/C11H15N3O4/c1-12-9(4-5-10(12)14(17)18)11(16)13-6-2-3-8(15)7-13/h4-5,8,15H,2-3,6-7H2,1H3/t8-/m0/s1. The van der Waals surface area contributed by atoms with Crippen molar-refractivity contribution in [3.63, 3.8) is 0 Å². The summed E-state index contributed by atoms with van der Waals surface area (Å²) in [7, 11) is 1.49. The highest BCUT2D eigenvalue weighted by molar-refractivity contribution is 5.93. The molecule has 1 aromatic heterocycles. The second-order valence-electron chi connectivity index (χ2n) is 4.44. The zero-order chi connectivity index (χ0) is 13.3. The van der Waals surface area contributed by atoms with Crippen LogP contribution in [0.25, 0.3) is 0 Å². The number of β-amino-alcohol motifs (C(OH)–C–C–N with tert-alkyl or cyclic N) is 1. The second-order valence-corrected chi connectivity index (χ2v) is 4.44. The fraction of sp³-hybridized carbons (Fsp3) is 0.545. The molecule has 1 aliphatic rings. The molecule has 0 saturated carbocycles. The summed E-state index contributed by atoms with van der Waals surface area (Å²) < 4.78 is 1.27. The first-order valence-electron chi connectivity index (χ1n) is 5.78. The summed E-state index contributed by atoms with van der Waals surface area (Å²) in [6, 6.07) is 2.76. The zero-order valence-corrected chi connectivity index (χ0v) is 10.1. The average Bonchev–Trinajstić information content (AvgIpc) is 2.70. The van der Waals surface area contributed by atoms with Gasteiger partial charge >= 0.3 is 5.82 Å². The summed E-state index contributed by atoms with van der Waals surface area (Å²) in [4.78, 5) is 23.9. The maximum atomic E-state index is 12.2. The normalized spacial score (nSPS) is 19.9. The van der Waals surface area contributed by atoms with E-state index >= 15 is 0 Å². The number of aliphatic hydroxyl groups is 1. The van der Waals surface area contributed by atoms with Gasteiger partial charge in [0.2, 0.25) is 0 Å². The van der Waals surface area contributed by atoms with Crippen molar-refractivity contribution in [3.05, 3.63) is 27.9 Å². The molecule has 1 amide bonds. The van der Waals surface area contributed by atoms with Crippen molar-refractivity contribution in [2.24, 2.45) is 7.05 Å². The van der Waals surface area contributed by atoms with Gasteiger partial charge in [-0.25, -0.2) is 4.57 Å². The Morgan fingerprint density at radius 1 is 1.56 bits per heavy atom. The van der Waals surface area contributed by atoms with Crippen molar-refractivity contribution in [2.45, 2.75) is 18.9 Å². The van der Waals surface area contributed by atoms with Crippen LogP contribution in [-0.2, 0) is 7.05 Å². The molecular weight excluding hydrogens is 238 g/mol. The Labute approximate surface area is 104 Å². The number of piperidine rings is 1. The number of hydrogen-bond donors (Lipinski definition) is 1. The molecular formula is C11H15N3O4. The van der Waals surface area contributed by atoms with Gasteiger partial charge in [0.1, 0.15) is 0 Å². The van der Waals surface area contributed by atoms with Crippen LogP contribution in [0, 0.1) is 10.1 Å². The summed E-state index contributed by atoms with van der Waals surface area (Å²) in [5, 5.41) is 20.2. The number of amides is 1. The molecule has 1 fully saturated rings. The average molecular weight is 253 g/mol. The minimum Gasteiger partial charge on any atom is -0.391 e. The molecule has 0 unspecified atom stereocenters. The van der Waals surface area contributed by atoms with Gasteiger partial charge in [-0.2, -0.15) is 0 Å².